The van der Waals surface area contributed by atoms with Crippen LogP contribution in [-0.2, 0) is 41.6 Å². The Morgan fingerprint density at radius 3 is 1.66 bits per heavy atom. The second-order valence-corrected chi connectivity index (χ2v) is 17.0. The Hall–Kier alpha value is -4.74. The van der Waals surface area contributed by atoms with Crippen molar-refractivity contribution in [1.29, 1.82) is 0 Å². The van der Waals surface area contributed by atoms with Crippen LogP contribution in [0.15, 0.2) is 60.7 Å². The van der Waals surface area contributed by atoms with Gasteiger partial charge in [-0.1, -0.05) is 94.8 Å². The molecule has 1 heterocycles. The minimum absolute atomic E-state index is 0.0152. The van der Waals surface area contributed by atoms with Crippen molar-refractivity contribution in [2.45, 2.75) is 96.8 Å². The number of hydrogen-bond acceptors (Lipinski definition) is 11. The van der Waals surface area contributed by atoms with Gasteiger partial charge in [0.25, 0.3) is 0 Å². The van der Waals surface area contributed by atoms with E-state index < -0.39 is 65.6 Å². The molecule has 16 heteroatoms. The third-order valence-corrected chi connectivity index (χ3v) is 10.8. The molecule has 1 saturated heterocycles. The fourth-order valence-corrected chi connectivity index (χ4v) is 7.35. The Balaban J connectivity index is 1.76. The topological polar surface area (TPSA) is 236 Å². The van der Waals surface area contributed by atoms with Gasteiger partial charge in [-0.25, -0.2) is 4.79 Å². The molecule has 3 rings (SSSR count). The monoisotopic (exact) mass is 864 g/mol. The lowest BCUT2D eigenvalue weighted by atomic mass is 9.93. The van der Waals surface area contributed by atoms with E-state index in [4.69, 9.17) is 5.73 Å². The van der Waals surface area contributed by atoms with Crippen LogP contribution in [0, 0.1) is 17.8 Å². The van der Waals surface area contributed by atoms with Gasteiger partial charge in [0.05, 0.1) is 6.54 Å². The van der Waals surface area contributed by atoms with Gasteiger partial charge in [0, 0.05) is 77.5 Å². The number of hydrogen-bond donors (Lipinski definition) is 9. The lowest BCUT2D eigenvalue weighted by Crippen LogP contribution is -2.59. The second-order valence-electron chi connectivity index (χ2n) is 17.0. The molecule has 16 nitrogen and oxygen atoms in total. The average Bonchev–Trinajstić information content (AvgIpc) is 3.23. The van der Waals surface area contributed by atoms with E-state index in [2.05, 4.69) is 42.1 Å². The third-order valence-electron chi connectivity index (χ3n) is 10.8. The number of carbonyl (C=O) groups excluding carboxylic acids is 5. The van der Waals surface area contributed by atoms with Gasteiger partial charge in [-0.2, -0.15) is 0 Å². The van der Waals surface area contributed by atoms with Crippen molar-refractivity contribution >= 4 is 35.4 Å². The van der Waals surface area contributed by atoms with E-state index in [0.717, 1.165) is 50.4 Å². The van der Waals surface area contributed by atoms with Crippen LogP contribution in [0.5, 0.6) is 0 Å². The molecule has 1 aliphatic heterocycles. The SMILES string of the molecule is CC(C)C[C@H](NC(=O)[C@H](CCCCN)CC(=O)CN1CCNCCNCCNCC1)C(=O)N[C@H](C(=O)N[C@@H](Cc1ccccc1)C(=O)N[C@@H](Cc1ccccc1)C(=O)O)C(C)C. The van der Waals surface area contributed by atoms with Crippen LogP contribution in [0.4, 0.5) is 0 Å². The van der Waals surface area contributed by atoms with Gasteiger partial charge in [0.1, 0.15) is 30.0 Å². The van der Waals surface area contributed by atoms with Crippen LogP contribution in [0.3, 0.4) is 0 Å². The van der Waals surface area contributed by atoms with E-state index in [1.807, 2.05) is 26.0 Å². The van der Waals surface area contributed by atoms with Gasteiger partial charge >= 0.3 is 5.97 Å². The first-order valence-electron chi connectivity index (χ1n) is 22.4. The zero-order valence-corrected chi connectivity index (χ0v) is 37.3. The number of nitrogens with zero attached hydrogens (tertiary/aromatic N) is 1. The number of rotatable bonds is 24. The van der Waals surface area contributed by atoms with E-state index in [9.17, 15) is 33.9 Å². The molecule has 344 valence electrons. The van der Waals surface area contributed by atoms with Crippen molar-refractivity contribution in [3.63, 3.8) is 0 Å². The second kappa shape index (κ2) is 28.8. The summed E-state index contributed by atoms with van der Waals surface area (Å²) in [5, 5.41) is 31.4. The molecule has 1 aliphatic rings. The zero-order chi connectivity index (χ0) is 45.3. The Morgan fingerprint density at radius 2 is 1.15 bits per heavy atom. The van der Waals surface area contributed by atoms with Crippen LogP contribution in [0.2, 0.25) is 0 Å². The highest BCUT2D eigenvalue weighted by molar-refractivity contribution is 5.96. The fourth-order valence-electron chi connectivity index (χ4n) is 7.35. The lowest BCUT2D eigenvalue weighted by Gasteiger charge is -2.29. The number of unbranched alkanes of at least 4 members (excludes halogenated alkanes) is 1. The lowest BCUT2D eigenvalue weighted by molar-refractivity contribution is -0.142. The minimum Gasteiger partial charge on any atom is -0.480 e. The number of nitrogens with two attached hydrogens (primary N) is 1. The molecule has 1 fully saturated rings. The summed E-state index contributed by atoms with van der Waals surface area (Å²) in [6.45, 7) is 14.2. The number of carbonyl (C=O) groups is 6. The van der Waals surface area contributed by atoms with Crippen LogP contribution < -0.4 is 43.0 Å². The van der Waals surface area contributed by atoms with Crippen LogP contribution in [0.25, 0.3) is 0 Å². The maximum Gasteiger partial charge on any atom is 0.326 e. The van der Waals surface area contributed by atoms with Crippen molar-refractivity contribution < 1.29 is 33.9 Å². The molecule has 2 aromatic carbocycles. The van der Waals surface area contributed by atoms with Gasteiger partial charge in [0.15, 0.2) is 0 Å². The zero-order valence-electron chi connectivity index (χ0n) is 37.3. The molecule has 0 aromatic heterocycles. The standard InChI is InChI=1S/C46H73N9O7/c1-32(2)27-38(51-42(57)36(17-11-12-18-47)30-37(56)31-55-25-23-49-21-19-48-20-22-50-24-26-55)44(59)54-41(33(3)4)45(60)52-39(28-34-13-7-5-8-14-34)43(58)53-40(46(61)62)29-35-15-9-6-10-16-35/h5-10,13-16,32-33,36,38-41,48-50H,11-12,17-31,47H2,1-4H3,(H,51,57)(H,52,60)(H,53,58)(H,54,59)(H,61,62)/t36-,38+,39+,40+,41+/m1/s1. The minimum atomic E-state index is -1.26. The number of carboxylic acid groups (broad SMARTS) is 1. The van der Waals surface area contributed by atoms with Crippen LogP contribution in [0.1, 0.15) is 70.9 Å². The van der Waals surface area contributed by atoms with Crippen LogP contribution in [-0.4, -0.2) is 135 Å². The molecular weight excluding hydrogens is 791 g/mol. The quantitative estimate of drug-likeness (QED) is 0.0673. The highest BCUT2D eigenvalue weighted by Gasteiger charge is 2.34. The molecule has 0 aliphatic carbocycles. The van der Waals surface area contributed by atoms with E-state index in [1.165, 1.54) is 0 Å². The maximum atomic E-state index is 14.1. The first-order valence-corrected chi connectivity index (χ1v) is 22.4. The van der Waals surface area contributed by atoms with Crippen molar-refractivity contribution in [3.05, 3.63) is 71.8 Å². The fraction of sp³-hybridized carbons (Fsp3) is 0.609. The number of Topliss-reactive ketones (excluding diaryl/α,β-unsaturated/α-hetero) is 1. The molecule has 4 amide bonds. The van der Waals surface area contributed by atoms with E-state index >= 15 is 0 Å². The predicted octanol–water partition coefficient (Wildman–Crippen LogP) is 0.986. The highest BCUT2D eigenvalue weighted by atomic mass is 16.4. The molecular formula is C46H73N9O7. The van der Waals surface area contributed by atoms with E-state index in [1.54, 1.807) is 62.4 Å². The van der Waals surface area contributed by atoms with Gasteiger partial charge in [0.2, 0.25) is 23.6 Å². The summed E-state index contributed by atoms with van der Waals surface area (Å²) >= 11 is 0. The summed E-state index contributed by atoms with van der Waals surface area (Å²) in [6.07, 6.45) is 2.14. The molecule has 10 N–H and O–H groups in total. The molecule has 5 atom stereocenters. The number of amides is 4. The number of benzene rings is 2. The summed E-state index contributed by atoms with van der Waals surface area (Å²) in [6, 6.07) is 13.4. The third kappa shape index (κ3) is 20.0. The van der Waals surface area contributed by atoms with Crippen LogP contribution >= 0.6 is 0 Å². The number of ketones is 1. The van der Waals surface area contributed by atoms with E-state index in [0.29, 0.717) is 38.9 Å². The predicted molar refractivity (Wildman–Crippen MR) is 241 cm³/mol. The summed E-state index contributed by atoms with van der Waals surface area (Å²) in [7, 11) is 0. The normalized spacial score (nSPS) is 16.7. The van der Waals surface area contributed by atoms with Gasteiger partial charge in [-0.15, -0.1) is 0 Å². The Kier molecular flexibility index (Phi) is 24.0. The van der Waals surface area contributed by atoms with Gasteiger partial charge in [-0.3, -0.25) is 28.9 Å². The number of aliphatic carboxylic acids is 1. The average molecular weight is 864 g/mol. The van der Waals surface area contributed by atoms with Crippen molar-refractivity contribution in [1.82, 2.24) is 42.1 Å². The summed E-state index contributed by atoms with van der Waals surface area (Å²) < 4.78 is 0. The van der Waals surface area contributed by atoms with Crippen molar-refractivity contribution in [2.75, 3.05) is 65.4 Å². The molecule has 0 radical (unpaired) electrons. The summed E-state index contributed by atoms with van der Waals surface area (Å²) in [5.74, 6) is -4.71. The largest absolute Gasteiger partial charge is 0.480 e. The first kappa shape index (κ1) is 51.6. The molecule has 0 bridgehead atoms. The Morgan fingerprint density at radius 1 is 0.645 bits per heavy atom. The maximum absolute atomic E-state index is 14.1. The molecule has 0 spiro atoms. The Bertz CT molecular complexity index is 1650. The highest BCUT2D eigenvalue weighted by Crippen LogP contribution is 2.17. The van der Waals surface area contributed by atoms with Gasteiger partial charge in [-0.05, 0) is 48.8 Å². The molecule has 2 aromatic rings. The first-order chi connectivity index (χ1) is 29.8. The Labute approximate surface area is 368 Å². The number of carboxylic acids is 1. The van der Waals surface area contributed by atoms with Crippen molar-refractivity contribution in [2.24, 2.45) is 23.5 Å². The number of nitrogens with one attached hydrogen (secondary N) is 7. The van der Waals surface area contributed by atoms with Gasteiger partial charge < -0.3 is 48.1 Å². The molecule has 62 heavy (non-hydrogen) atoms. The smallest absolute Gasteiger partial charge is 0.326 e. The summed E-state index contributed by atoms with van der Waals surface area (Å²) in [4.78, 5) is 84.0. The molecule has 0 unspecified atom stereocenters. The van der Waals surface area contributed by atoms with Crippen molar-refractivity contribution in [3.8, 4) is 0 Å². The summed E-state index contributed by atoms with van der Waals surface area (Å²) in [5.41, 5.74) is 7.24. The van der Waals surface area contributed by atoms with E-state index in [-0.39, 0.29) is 43.9 Å². The molecule has 0 saturated carbocycles.